The summed E-state index contributed by atoms with van der Waals surface area (Å²) in [6.45, 7) is 0. The zero-order valence-electron chi connectivity index (χ0n) is 8.75. The molecule has 0 spiro atoms. The minimum absolute atomic E-state index is 0.187. The Labute approximate surface area is 123 Å². The summed E-state index contributed by atoms with van der Waals surface area (Å²) in [5, 5.41) is 1.25. The van der Waals surface area contributed by atoms with Crippen molar-refractivity contribution in [3.63, 3.8) is 0 Å². The summed E-state index contributed by atoms with van der Waals surface area (Å²) in [5.41, 5.74) is 1.61. The first-order valence-corrected chi connectivity index (χ1v) is 6.29. The van der Waals surface area contributed by atoms with E-state index in [1.54, 1.807) is 18.2 Å². The highest BCUT2D eigenvalue weighted by Gasteiger charge is 2.09. The lowest BCUT2D eigenvalue weighted by atomic mass is 10.1. The number of pyridine rings is 1. The summed E-state index contributed by atoms with van der Waals surface area (Å²) in [7, 11) is 0. The normalized spacial score (nSPS) is 10.4. The van der Waals surface area contributed by atoms with Gasteiger partial charge in [-0.05, 0) is 23.8 Å². The summed E-state index contributed by atoms with van der Waals surface area (Å²) >= 11 is 23.7. The van der Waals surface area contributed by atoms with Crippen molar-refractivity contribution in [3.05, 3.63) is 50.2 Å². The Hall–Kier alpha value is -0.800. The summed E-state index contributed by atoms with van der Waals surface area (Å²) in [6.07, 6.45) is 2.11. The van der Waals surface area contributed by atoms with Crippen molar-refractivity contribution in [2.45, 2.75) is 0 Å². The SMILES string of the molecule is O=Cc1ncc(-c2cc(Cl)c(Cl)c(Cl)c2)cc1Cl. The predicted octanol–water partition coefficient (Wildman–Crippen LogP) is 5.17. The smallest absolute Gasteiger partial charge is 0.169 e. The molecule has 18 heavy (non-hydrogen) atoms. The third kappa shape index (κ3) is 2.62. The number of halogens is 4. The van der Waals surface area contributed by atoms with Crippen LogP contribution in [0.1, 0.15) is 10.5 Å². The number of aromatic nitrogens is 1. The van der Waals surface area contributed by atoms with E-state index in [9.17, 15) is 4.79 Å². The van der Waals surface area contributed by atoms with Crippen LogP contribution in [0, 0.1) is 0 Å². The number of carbonyl (C=O) groups is 1. The first-order chi connectivity index (χ1) is 8.52. The number of nitrogens with zero attached hydrogens (tertiary/aromatic N) is 1. The first-order valence-electron chi connectivity index (χ1n) is 4.78. The molecular weight excluding hydrogens is 316 g/mol. The Kier molecular flexibility index (Phi) is 4.13. The fourth-order valence-electron chi connectivity index (χ4n) is 1.42. The van der Waals surface area contributed by atoms with Gasteiger partial charge >= 0.3 is 0 Å². The van der Waals surface area contributed by atoms with E-state index < -0.39 is 0 Å². The van der Waals surface area contributed by atoms with Crippen LogP contribution in [0.2, 0.25) is 20.1 Å². The standard InChI is InChI=1S/C12H5Cl4NO/c13-8-3-7(4-17-11(8)5-18)6-1-9(14)12(16)10(15)2-6/h1-5H. The van der Waals surface area contributed by atoms with Gasteiger partial charge in [0.1, 0.15) is 5.69 Å². The molecule has 0 aliphatic rings. The van der Waals surface area contributed by atoms with E-state index >= 15 is 0 Å². The fraction of sp³-hybridized carbons (Fsp3) is 0. The van der Waals surface area contributed by atoms with E-state index in [4.69, 9.17) is 46.4 Å². The van der Waals surface area contributed by atoms with Crippen LogP contribution in [0.5, 0.6) is 0 Å². The molecule has 0 N–H and O–H groups in total. The first kappa shape index (κ1) is 13.6. The molecule has 0 aliphatic carbocycles. The quantitative estimate of drug-likeness (QED) is 0.564. The molecule has 1 heterocycles. The Morgan fingerprint density at radius 3 is 1.94 bits per heavy atom. The van der Waals surface area contributed by atoms with E-state index in [0.717, 1.165) is 5.56 Å². The van der Waals surface area contributed by atoms with Gasteiger partial charge in [-0.1, -0.05) is 46.4 Å². The molecule has 92 valence electrons. The Morgan fingerprint density at radius 2 is 1.44 bits per heavy atom. The molecule has 0 aliphatic heterocycles. The summed E-state index contributed by atoms with van der Waals surface area (Å²) in [6, 6.07) is 4.93. The summed E-state index contributed by atoms with van der Waals surface area (Å²) < 4.78 is 0. The lowest BCUT2D eigenvalue weighted by molar-refractivity contribution is 0.111. The molecule has 0 unspecified atom stereocenters. The van der Waals surface area contributed by atoms with Gasteiger partial charge in [0.2, 0.25) is 0 Å². The van der Waals surface area contributed by atoms with E-state index in [1.165, 1.54) is 6.20 Å². The third-order valence-corrected chi connectivity index (χ3v) is 3.80. The number of rotatable bonds is 2. The van der Waals surface area contributed by atoms with Gasteiger partial charge in [-0.3, -0.25) is 9.78 Å². The van der Waals surface area contributed by atoms with Crippen molar-refractivity contribution in [1.29, 1.82) is 0 Å². The van der Waals surface area contributed by atoms with Crippen molar-refractivity contribution in [2.75, 3.05) is 0 Å². The second kappa shape index (κ2) is 5.45. The molecule has 6 heteroatoms. The van der Waals surface area contributed by atoms with Gasteiger partial charge in [-0.25, -0.2) is 0 Å². The lowest BCUT2D eigenvalue weighted by Crippen LogP contribution is -1.89. The second-order valence-corrected chi connectivity index (χ2v) is 5.06. The Morgan fingerprint density at radius 1 is 0.889 bits per heavy atom. The maximum atomic E-state index is 10.6. The van der Waals surface area contributed by atoms with Gasteiger partial charge in [0.25, 0.3) is 0 Å². The predicted molar refractivity (Wildman–Crippen MR) is 75.1 cm³/mol. The van der Waals surface area contributed by atoms with Crippen LogP contribution in [0.15, 0.2) is 24.4 Å². The van der Waals surface area contributed by atoms with Gasteiger partial charge in [0, 0.05) is 11.8 Å². The van der Waals surface area contributed by atoms with E-state index in [1.807, 2.05) is 0 Å². The van der Waals surface area contributed by atoms with Crippen molar-refractivity contribution in [1.82, 2.24) is 4.98 Å². The average Bonchev–Trinajstić information content (AvgIpc) is 2.35. The molecule has 2 aromatic rings. The van der Waals surface area contributed by atoms with Crippen molar-refractivity contribution in [3.8, 4) is 11.1 Å². The molecule has 1 aromatic heterocycles. The summed E-state index contributed by atoms with van der Waals surface area (Å²) in [4.78, 5) is 14.6. The molecule has 0 atom stereocenters. The topological polar surface area (TPSA) is 30.0 Å². The number of hydrogen-bond donors (Lipinski definition) is 0. The van der Waals surface area contributed by atoms with E-state index in [0.29, 0.717) is 26.9 Å². The van der Waals surface area contributed by atoms with Crippen molar-refractivity contribution in [2.24, 2.45) is 0 Å². The maximum Gasteiger partial charge on any atom is 0.169 e. The van der Waals surface area contributed by atoms with Crippen LogP contribution in [-0.4, -0.2) is 11.3 Å². The van der Waals surface area contributed by atoms with Crippen LogP contribution < -0.4 is 0 Å². The van der Waals surface area contributed by atoms with Gasteiger partial charge in [0.15, 0.2) is 6.29 Å². The Balaban J connectivity index is 2.55. The second-order valence-electron chi connectivity index (χ2n) is 3.46. The highest BCUT2D eigenvalue weighted by atomic mass is 35.5. The largest absolute Gasteiger partial charge is 0.296 e. The monoisotopic (exact) mass is 319 g/mol. The van der Waals surface area contributed by atoms with E-state index in [2.05, 4.69) is 4.98 Å². The fourth-order valence-corrected chi connectivity index (χ4v) is 2.22. The number of benzene rings is 1. The molecule has 0 bridgehead atoms. The molecule has 1 aromatic carbocycles. The lowest BCUT2D eigenvalue weighted by Gasteiger charge is -2.06. The van der Waals surface area contributed by atoms with Crippen LogP contribution in [0.4, 0.5) is 0 Å². The van der Waals surface area contributed by atoms with Crippen LogP contribution in [-0.2, 0) is 0 Å². The number of carbonyl (C=O) groups excluding carboxylic acids is 1. The van der Waals surface area contributed by atoms with Crippen molar-refractivity contribution < 1.29 is 4.79 Å². The van der Waals surface area contributed by atoms with Gasteiger partial charge in [-0.15, -0.1) is 0 Å². The minimum atomic E-state index is 0.187. The average molecular weight is 321 g/mol. The zero-order valence-corrected chi connectivity index (χ0v) is 11.8. The Bertz CT molecular complexity index is 604. The molecular formula is C12H5Cl4NO. The summed E-state index contributed by atoms with van der Waals surface area (Å²) in [5.74, 6) is 0. The minimum Gasteiger partial charge on any atom is -0.296 e. The molecule has 0 saturated heterocycles. The highest BCUT2D eigenvalue weighted by molar-refractivity contribution is 6.48. The van der Waals surface area contributed by atoms with E-state index in [-0.39, 0.29) is 10.7 Å². The van der Waals surface area contributed by atoms with Gasteiger partial charge in [-0.2, -0.15) is 0 Å². The molecule has 0 radical (unpaired) electrons. The molecule has 2 rings (SSSR count). The highest BCUT2D eigenvalue weighted by Crippen LogP contribution is 2.35. The zero-order chi connectivity index (χ0) is 13.3. The molecule has 0 saturated carbocycles. The van der Waals surface area contributed by atoms with Crippen molar-refractivity contribution >= 4 is 52.7 Å². The molecule has 2 nitrogen and oxygen atoms in total. The van der Waals surface area contributed by atoms with Gasteiger partial charge in [0.05, 0.1) is 20.1 Å². The molecule has 0 fully saturated rings. The van der Waals surface area contributed by atoms with Crippen LogP contribution in [0.25, 0.3) is 11.1 Å². The van der Waals surface area contributed by atoms with Gasteiger partial charge < -0.3 is 0 Å². The number of aldehydes is 1. The number of hydrogen-bond acceptors (Lipinski definition) is 2. The maximum absolute atomic E-state index is 10.6. The molecule has 0 amide bonds. The van der Waals surface area contributed by atoms with Crippen LogP contribution in [0.3, 0.4) is 0 Å². The third-order valence-electron chi connectivity index (χ3n) is 2.30. The van der Waals surface area contributed by atoms with Crippen LogP contribution >= 0.6 is 46.4 Å².